The van der Waals surface area contributed by atoms with E-state index in [0.29, 0.717) is 17.4 Å². The Morgan fingerprint density at radius 2 is 2.20 bits per heavy atom. The van der Waals surface area contributed by atoms with Crippen LogP contribution in [-0.4, -0.2) is 25.1 Å². The molecule has 4 rings (SSSR count). The molecule has 4 N–H and O–H groups in total. The molecule has 0 amide bonds. The average molecular weight is 270 g/mol. The lowest BCUT2D eigenvalue weighted by atomic mass is 9.77. The molecule has 3 heterocycles. The molecule has 102 valence electrons. The van der Waals surface area contributed by atoms with Gasteiger partial charge in [-0.2, -0.15) is 4.98 Å². The monoisotopic (exact) mass is 270 g/mol. The number of hydrogen-bond acceptors (Lipinski definition) is 5. The summed E-state index contributed by atoms with van der Waals surface area (Å²) in [6, 6.07) is 3.77. The lowest BCUT2D eigenvalue weighted by Crippen LogP contribution is -2.44. The zero-order valence-electron chi connectivity index (χ0n) is 10.8. The van der Waals surface area contributed by atoms with Gasteiger partial charge in [0, 0.05) is 6.20 Å². The Hall–Kier alpha value is -2.41. The van der Waals surface area contributed by atoms with E-state index in [2.05, 4.69) is 25.1 Å². The Morgan fingerprint density at radius 3 is 2.90 bits per heavy atom. The molecule has 0 aromatic carbocycles. The molecule has 0 radical (unpaired) electrons. The quantitative estimate of drug-likeness (QED) is 0.672. The van der Waals surface area contributed by atoms with Crippen molar-refractivity contribution >= 4 is 0 Å². The van der Waals surface area contributed by atoms with Crippen LogP contribution in [0.15, 0.2) is 29.0 Å². The zero-order chi connectivity index (χ0) is 13.6. The van der Waals surface area contributed by atoms with Crippen LogP contribution < -0.4 is 5.73 Å². The fraction of sp³-hybridized carbons (Fsp3) is 0.308. The van der Waals surface area contributed by atoms with Crippen molar-refractivity contribution < 1.29 is 4.52 Å². The number of nitrogens with one attached hydrogen (secondary N) is 2. The highest BCUT2D eigenvalue weighted by Crippen LogP contribution is 2.37. The smallest absolute Gasteiger partial charge is 0.276 e. The van der Waals surface area contributed by atoms with Crippen LogP contribution in [0.5, 0.6) is 0 Å². The molecule has 20 heavy (non-hydrogen) atoms. The highest BCUT2D eigenvalue weighted by atomic mass is 16.5. The third kappa shape index (κ3) is 1.67. The van der Waals surface area contributed by atoms with E-state index in [-0.39, 0.29) is 5.54 Å². The number of imidazole rings is 1. The molecular weight excluding hydrogens is 256 g/mol. The third-order valence-electron chi connectivity index (χ3n) is 3.79. The number of H-pyrrole nitrogens is 2. The van der Waals surface area contributed by atoms with Crippen LogP contribution >= 0.6 is 0 Å². The van der Waals surface area contributed by atoms with E-state index in [1.807, 2.05) is 18.3 Å². The van der Waals surface area contributed by atoms with Crippen molar-refractivity contribution in [1.29, 1.82) is 0 Å². The van der Waals surface area contributed by atoms with Gasteiger partial charge >= 0.3 is 0 Å². The molecule has 7 heteroatoms. The van der Waals surface area contributed by atoms with Crippen LogP contribution in [0, 0.1) is 0 Å². The molecular formula is C13H14N6O. The van der Waals surface area contributed by atoms with Crippen molar-refractivity contribution in [3.63, 3.8) is 0 Å². The number of nitrogens with two attached hydrogens (primary N) is 1. The van der Waals surface area contributed by atoms with Crippen molar-refractivity contribution in [2.75, 3.05) is 0 Å². The van der Waals surface area contributed by atoms with Crippen molar-refractivity contribution in [2.45, 2.75) is 24.8 Å². The summed E-state index contributed by atoms with van der Waals surface area (Å²) in [7, 11) is 0. The van der Waals surface area contributed by atoms with Gasteiger partial charge in [0.05, 0.1) is 17.4 Å². The first-order chi connectivity index (χ1) is 9.74. The predicted molar refractivity (Wildman–Crippen MR) is 71.4 cm³/mol. The molecule has 1 aliphatic rings. The number of nitrogens with zero attached hydrogens (tertiary/aromatic N) is 3. The van der Waals surface area contributed by atoms with Gasteiger partial charge in [0.25, 0.3) is 5.89 Å². The SMILES string of the molecule is NC1(c2ncc(-c3nc(-c4ccc[nH]4)no3)[nH]2)CCC1. The fourth-order valence-electron chi connectivity index (χ4n) is 2.39. The maximum atomic E-state index is 6.23. The molecule has 7 nitrogen and oxygen atoms in total. The van der Waals surface area contributed by atoms with E-state index in [1.165, 1.54) is 0 Å². The van der Waals surface area contributed by atoms with Crippen LogP contribution in [0.25, 0.3) is 23.1 Å². The Labute approximate surface area is 114 Å². The molecule has 0 spiro atoms. The third-order valence-corrected chi connectivity index (χ3v) is 3.79. The Kier molecular flexibility index (Phi) is 2.31. The summed E-state index contributed by atoms with van der Waals surface area (Å²) < 4.78 is 5.26. The van der Waals surface area contributed by atoms with E-state index in [1.54, 1.807) is 6.20 Å². The summed E-state index contributed by atoms with van der Waals surface area (Å²) in [5, 5.41) is 3.94. The number of aromatic amines is 2. The topological polar surface area (TPSA) is 109 Å². The van der Waals surface area contributed by atoms with Gasteiger partial charge in [0.15, 0.2) is 0 Å². The number of rotatable bonds is 3. The Balaban J connectivity index is 1.65. The fourth-order valence-corrected chi connectivity index (χ4v) is 2.39. The summed E-state index contributed by atoms with van der Waals surface area (Å²) in [6.07, 6.45) is 6.56. The number of hydrogen-bond donors (Lipinski definition) is 3. The molecule has 1 fully saturated rings. The number of aromatic nitrogens is 5. The molecule has 0 aliphatic heterocycles. The first kappa shape index (κ1) is 11.4. The summed E-state index contributed by atoms with van der Waals surface area (Å²) in [4.78, 5) is 14.9. The van der Waals surface area contributed by atoms with Gasteiger partial charge in [0.2, 0.25) is 5.82 Å². The van der Waals surface area contributed by atoms with Crippen LogP contribution in [-0.2, 0) is 5.54 Å². The van der Waals surface area contributed by atoms with Crippen molar-refractivity contribution in [3.8, 4) is 23.1 Å². The Bertz CT molecular complexity index is 722. The molecule has 1 aliphatic carbocycles. The second kappa shape index (κ2) is 4.04. The highest BCUT2D eigenvalue weighted by Gasteiger charge is 2.37. The summed E-state index contributed by atoms with van der Waals surface area (Å²) in [6.45, 7) is 0. The summed E-state index contributed by atoms with van der Waals surface area (Å²) >= 11 is 0. The van der Waals surface area contributed by atoms with Gasteiger partial charge in [-0.15, -0.1) is 0 Å². The van der Waals surface area contributed by atoms with Crippen LogP contribution in [0.4, 0.5) is 0 Å². The second-order valence-electron chi connectivity index (χ2n) is 5.16. The van der Waals surface area contributed by atoms with Gasteiger partial charge in [0.1, 0.15) is 11.5 Å². The molecule has 3 aromatic heterocycles. The molecule has 3 aromatic rings. The minimum absolute atomic E-state index is 0.319. The maximum absolute atomic E-state index is 6.23. The van der Waals surface area contributed by atoms with Gasteiger partial charge in [-0.3, -0.25) is 0 Å². The van der Waals surface area contributed by atoms with E-state index < -0.39 is 0 Å². The summed E-state index contributed by atoms with van der Waals surface area (Å²) in [5.74, 6) is 1.72. The van der Waals surface area contributed by atoms with Crippen LogP contribution in [0.3, 0.4) is 0 Å². The van der Waals surface area contributed by atoms with Crippen molar-refractivity contribution in [1.82, 2.24) is 25.1 Å². The predicted octanol–water partition coefficient (Wildman–Crippen LogP) is 1.79. The molecule has 0 saturated heterocycles. The highest BCUT2D eigenvalue weighted by molar-refractivity contribution is 5.54. The van der Waals surface area contributed by atoms with Crippen LogP contribution in [0.2, 0.25) is 0 Å². The van der Waals surface area contributed by atoms with E-state index in [9.17, 15) is 0 Å². The van der Waals surface area contributed by atoms with Gasteiger partial charge in [-0.1, -0.05) is 5.16 Å². The lowest BCUT2D eigenvalue weighted by molar-refractivity contribution is 0.240. The first-order valence-corrected chi connectivity index (χ1v) is 6.57. The molecule has 0 unspecified atom stereocenters. The minimum atomic E-state index is -0.319. The first-order valence-electron chi connectivity index (χ1n) is 6.57. The summed E-state index contributed by atoms with van der Waals surface area (Å²) in [5.41, 5.74) is 7.42. The molecule has 1 saturated carbocycles. The van der Waals surface area contributed by atoms with Crippen molar-refractivity contribution in [2.24, 2.45) is 5.73 Å². The zero-order valence-corrected chi connectivity index (χ0v) is 10.8. The normalized spacial score (nSPS) is 17.1. The van der Waals surface area contributed by atoms with Gasteiger partial charge in [-0.25, -0.2) is 4.98 Å². The maximum Gasteiger partial charge on any atom is 0.276 e. The largest absolute Gasteiger partial charge is 0.359 e. The van der Waals surface area contributed by atoms with Crippen LogP contribution in [0.1, 0.15) is 25.1 Å². The van der Waals surface area contributed by atoms with Gasteiger partial charge < -0.3 is 20.2 Å². The standard InChI is InChI=1S/C13H14N6O/c14-13(4-2-5-13)12-16-7-9(17-12)11-18-10(19-20-11)8-3-1-6-15-8/h1,3,6-7,15H,2,4-5,14H2,(H,16,17). The average Bonchev–Trinajstić information content (AvgIpc) is 3.13. The lowest BCUT2D eigenvalue weighted by Gasteiger charge is -2.35. The van der Waals surface area contributed by atoms with Crippen molar-refractivity contribution in [3.05, 3.63) is 30.4 Å². The van der Waals surface area contributed by atoms with E-state index in [0.717, 1.165) is 30.8 Å². The van der Waals surface area contributed by atoms with Gasteiger partial charge in [-0.05, 0) is 31.4 Å². The van der Waals surface area contributed by atoms with E-state index in [4.69, 9.17) is 10.3 Å². The van der Waals surface area contributed by atoms with E-state index >= 15 is 0 Å². The second-order valence-corrected chi connectivity index (χ2v) is 5.16. The molecule has 0 bridgehead atoms. The minimum Gasteiger partial charge on any atom is -0.359 e. The Morgan fingerprint density at radius 1 is 1.30 bits per heavy atom. The molecule has 0 atom stereocenters.